The third-order valence-electron chi connectivity index (χ3n) is 13.0. The van der Waals surface area contributed by atoms with Crippen LogP contribution in [0.5, 0.6) is 5.75 Å². The van der Waals surface area contributed by atoms with Crippen molar-refractivity contribution in [2.45, 2.75) is 152 Å². The summed E-state index contributed by atoms with van der Waals surface area (Å²) in [5.74, 6) is -0.588. The molecule has 2 aromatic rings. The van der Waals surface area contributed by atoms with Crippen LogP contribution in [-0.2, 0) is 35.6 Å². The Balaban J connectivity index is 1.05. The Morgan fingerprint density at radius 2 is 1.79 bits per heavy atom. The van der Waals surface area contributed by atoms with Crippen LogP contribution in [0.2, 0.25) is 0 Å². The van der Waals surface area contributed by atoms with Crippen LogP contribution >= 0.6 is 0 Å². The summed E-state index contributed by atoms with van der Waals surface area (Å²) in [7, 11) is -3.96. The van der Waals surface area contributed by atoms with E-state index < -0.39 is 81.0 Å². The SMILES string of the molecule is CC1(S(=O)(=O)NC(=O)[C@]23NC(=O)[C@@H]4C[C@]5(CCc6c(c(C7CC7)nc7ccccc67)O5)CN4C(=O)[C@@H](NC(=O)OC4CCCC4)CCCCC/C=C\[C@@H]2[I-]3)CC1. The van der Waals surface area contributed by atoms with E-state index in [0.29, 0.717) is 38.5 Å². The Labute approximate surface area is 338 Å². The Hall–Kier alpha value is -3.47. The van der Waals surface area contributed by atoms with Gasteiger partial charge in [-0.3, -0.25) is 0 Å². The van der Waals surface area contributed by atoms with Crippen LogP contribution in [0, 0.1) is 0 Å². The monoisotopic (exact) mass is 900 g/mol. The van der Waals surface area contributed by atoms with E-state index in [1.165, 1.54) is 0 Å². The molecule has 4 amide bonds. The molecule has 1 aromatic heterocycles. The third kappa shape index (κ3) is 7.17. The average molecular weight is 901 g/mol. The second-order valence-corrected chi connectivity index (χ2v) is 23.1. The summed E-state index contributed by atoms with van der Waals surface area (Å²) in [5.41, 5.74) is 2.02. The van der Waals surface area contributed by atoms with Gasteiger partial charge in [-0.15, -0.1) is 0 Å². The van der Waals surface area contributed by atoms with Crippen molar-refractivity contribution < 1.29 is 58.3 Å². The minimum atomic E-state index is -3.96. The first kappa shape index (κ1) is 38.1. The fourth-order valence-electron chi connectivity index (χ4n) is 9.04. The predicted molar refractivity (Wildman–Crippen MR) is 203 cm³/mol. The number of carbonyl (C=O) groups is 4. The molecule has 2 saturated heterocycles. The van der Waals surface area contributed by atoms with E-state index in [-0.39, 0.29) is 28.9 Å². The molecular formula is C41H51IN5O8S-. The number of nitrogens with one attached hydrogen (secondary N) is 3. The quantitative estimate of drug-likeness (QED) is 0.169. The molecule has 302 valence electrons. The summed E-state index contributed by atoms with van der Waals surface area (Å²) in [5, 5.41) is 6.96. The van der Waals surface area contributed by atoms with Gasteiger partial charge in [0, 0.05) is 0 Å². The van der Waals surface area contributed by atoms with E-state index in [2.05, 4.69) is 21.4 Å². The van der Waals surface area contributed by atoms with E-state index in [4.69, 9.17) is 14.5 Å². The first-order valence-electron chi connectivity index (χ1n) is 20.5. The number of aromatic nitrogens is 1. The number of alkyl carbamates (subject to hydrolysis) is 1. The van der Waals surface area contributed by atoms with Crippen LogP contribution in [0.3, 0.4) is 0 Å². The number of allylic oxidation sites excluding steroid dienone is 1. The van der Waals surface area contributed by atoms with Gasteiger partial charge in [0.2, 0.25) is 0 Å². The Morgan fingerprint density at radius 3 is 2.55 bits per heavy atom. The number of hydrogen-bond acceptors (Lipinski definition) is 9. The number of sulfonamides is 1. The first-order valence-corrected chi connectivity index (χ1v) is 24.3. The fraction of sp³-hybridized carbons (Fsp3) is 0.634. The van der Waals surface area contributed by atoms with Crippen molar-refractivity contribution in [1.82, 2.24) is 25.2 Å². The normalized spacial score (nSPS) is 32.3. The van der Waals surface area contributed by atoms with Gasteiger partial charge in [0.15, 0.2) is 0 Å². The second-order valence-electron chi connectivity index (χ2n) is 17.2. The van der Waals surface area contributed by atoms with Crippen molar-refractivity contribution in [2.24, 2.45) is 0 Å². The van der Waals surface area contributed by atoms with Crippen molar-refractivity contribution in [1.29, 1.82) is 0 Å². The van der Waals surface area contributed by atoms with Crippen LogP contribution in [0.1, 0.15) is 120 Å². The maximum absolute atomic E-state index is 14.9. The molecule has 5 atom stereocenters. The molecule has 9 rings (SSSR count). The van der Waals surface area contributed by atoms with E-state index >= 15 is 0 Å². The molecule has 0 bridgehead atoms. The van der Waals surface area contributed by atoms with Crippen molar-refractivity contribution >= 4 is 44.7 Å². The number of benzene rings is 1. The van der Waals surface area contributed by atoms with Gasteiger partial charge < -0.3 is 0 Å². The number of nitrogens with zero attached hydrogens (tertiary/aromatic N) is 2. The topological polar surface area (TPSA) is 173 Å². The number of hydrogen-bond donors (Lipinski definition) is 3. The summed E-state index contributed by atoms with van der Waals surface area (Å²) in [6.45, 7) is 1.74. The molecule has 4 aliphatic heterocycles. The van der Waals surface area contributed by atoms with Crippen LogP contribution in [-0.4, -0.2) is 84.7 Å². The molecule has 5 fully saturated rings. The zero-order chi connectivity index (χ0) is 38.9. The van der Waals surface area contributed by atoms with Crippen molar-refractivity contribution in [3.05, 3.63) is 47.7 Å². The summed E-state index contributed by atoms with van der Waals surface area (Å²) >= 11 is -1.00. The zero-order valence-corrected chi connectivity index (χ0v) is 34.8. The summed E-state index contributed by atoms with van der Waals surface area (Å²) in [4.78, 5) is 63.6. The molecule has 15 heteroatoms. The summed E-state index contributed by atoms with van der Waals surface area (Å²) < 4.78 is 39.0. The van der Waals surface area contributed by atoms with Gasteiger partial charge in [-0.05, 0) is 12.8 Å². The van der Waals surface area contributed by atoms with Gasteiger partial charge in [0.1, 0.15) is 0 Å². The second kappa shape index (κ2) is 14.4. The van der Waals surface area contributed by atoms with Gasteiger partial charge in [0.25, 0.3) is 0 Å². The molecular weight excluding hydrogens is 849 g/mol. The van der Waals surface area contributed by atoms with Crippen LogP contribution in [0.25, 0.3) is 10.9 Å². The van der Waals surface area contributed by atoms with E-state index in [1.54, 1.807) is 11.8 Å². The predicted octanol–water partition coefficient (Wildman–Crippen LogP) is 1.62. The van der Waals surface area contributed by atoms with Gasteiger partial charge in [0.05, 0.1) is 0 Å². The van der Waals surface area contributed by atoms with Crippen LogP contribution in [0.15, 0.2) is 36.4 Å². The molecule has 3 aliphatic carbocycles. The number of ether oxygens (including phenoxy) is 2. The molecule has 3 saturated carbocycles. The molecule has 0 radical (unpaired) electrons. The average Bonchev–Trinajstić information content (AvgIpc) is 4.14. The molecule has 5 heterocycles. The Kier molecular flexibility index (Phi) is 9.80. The van der Waals surface area contributed by atoms with Crippen molar-refractivity contribution in [3.8, 4) is 5.75 Å². The van der Waals surface area contributed by atoms with Gasteiger partial charge in [-0.25, -0.2) is 0 Å². The molecule has 13 nitrogen and oxygen atoms in total. The number of aryl methyl sites for hydroxylation is 1. The summed E-state index contributed by atoms with van der Waals surface area (Å²) in [6.07, 6.45) is 14.5. The standard InChI is InChI=1S/C41H51IN5O8S/c1-39(21-22-39)56(52,53)46-37(50)41-32(42-41)16-6-4-2-3-5-15-30(44-38(51)54-26-11-7-8-12-26)36(49)47-24-40(23-31(47)35(48)45-41)20-19-28-27-13-9-10-14-29(27)43-33(25-17-18-25)34(28)55-40/h6,9-10,13-14,16,25-26,30-32H,2-5,7-8,11-12,15,17-24H2,1H3,(H,44,51)(H,45,48)(H,46,50)/q-1/b16-6-/t30-,31-,32-,40+,41+/m0/s1. The minimum absolute atomic E-state index is 0.112. The number of carbonyl (C=O) groups excluding carboxylic acids is 4. The van der Waals surface area contributed by atoms with Gasteiger partial charge in [-0.2, -0.15) is 0 Å². The fourth-order valence-corrected chi connectivity index (χ4v) is 13.4. The van der Waals surface area contributed by atoms with E-state index in [0.717, 1.165) is 85.7 Å². The molecule has 0 unspecified atom stereocenters. The molecule has 1 aromatic carbocycles. The molecule has 3 N–H and O–H groups in total. The maximum atomic E-state index is 14.9. The Bertz CT molecular complexity index is 2100. The van der Waals surface area contributed by atoms with Crippen molar-refractivity contribution in [3.63, 3.8) is 0 Å². The molecule has 7 aliphatic rings. The van der Waals surface area contributed by atoms with Crippen LogP contribution < -0.4 is 41.3 Å². The number of halogens is 1. The van der Waals surface area contributed by atoms with Crippen LogP contribution in [0.4, 0.5) is 4.79 Å². The number of para-hydroxylation sites is 1. The number of amides is 4. The van der Waals surface area contributed by atoms with Gasteiger partial charge in [-0.1, -0.05) is 6.07 Å². The number of alkyl halides is 2. The van der Waals surface area contributed by atoms with E-state index in [9.17, 15) is 27.6 Å². The number of rotatable bonds is 6. The summed E-state index contributed by atoms with van der Waals surface area (Å²) in [6, 6.07) is 6.11. The molecule has 1 spiro atoms. The van der Waals surface area contributed by atoms with Crippen molar-refractivity contribution in [2.75, 3.05) is 6.54 Å². The van der Waals surface area contributed by atoms with E-state index in [1.807, 2.05) is 30.4 Å². The molecule has 56 heavy (non-hydrogen) atoms. The number of fused-ring (bicyclic) bond motifs is 5. The zero-order valence-electron chi connectivity index (χ0n) is 31.8. The third-order valence-corrected chi connectivity index (χ3v) is 18.9. The first-order chi connectivity index (χ1) is 26.9. The number of pyridine rings is 1. The Morgan fingerprint density at radius 1 is 1.02 bits per heavy atom. The van der Waals surface area contributed by atoms with Gasteiger partial charge >= 0.3 is 321 Å².